The van der Waals surface area contributed by atoms with Crippen LogP contribution in [-0.4, -0.2) is 49.2 Å². The van der Waals surface area contributed by atoms with Crippen LogP contribution in [0.15, 0.2) is 0 Å². The highest BCUT2D eigenvalue weighted by Gasteiger charge is 2.39. The fourth-order valence-electron chi connectivity index (χ4n) is 3.66. The topological polar surface area (TPSA) is 66.6 Å². The second-order valence-electron chi connectivity index (χ2n) is 6.02. The third-order valence-corrected chi connectivity index (χ3v) is 6.93. The van der Waals surface area contributed by atoms with Gasteiger partial charge in [0.25, 0.3) is 10.2 Å². The minimum Gasteiger partial charge on any atom is -0.330 e. The highest BCUT2D eigenvalue weighted by molar-refractivity contribution is 7.86. The zero-order valence-electron chi connectivity index (χ0n) is 12.6. The first kappa shape index (κ1) is 16.2. The van der Waals surface area contributed by atoms with Crippen molar-refractivity contribution in [2.45, 2.75) is 57.9 Å². The van der Waals surface area contributed by atoms with Gasteiger partial charge >= 0.3 is 0 Å². The monoisotopic (exact) mass is 303 g/mol. The van der Waals surface area contributed by atoms with Crippen LogP contribution in [0, 0.1) is 5.92 Å². The largest absolute Gasteiger partial charge is 0.330 e. The Bertz CT molecular complexity index is 391. The third kappa shape index (κ3) is 3.35. The minimum atomic E-state index is -3.31. The van der Waals surface area contributed by atoms with Crippen LogP contribution >= 0.6 is 0 Å². The summed E-state index contributed by atoms with van der Waals surface area (Å²) in [6.07, 6.45) is 7.39. The Kier molecular flexibility index (Phi) is 5.84. The average Bonchev–Trinajstić information content (AvgIpc) is 2.72. The van der Waals surface area contributed by atoms with Crippen LogP contribution in [-0.2, 0) is 10.2 Å². The number of nitrogens with two attached hydrogens (primary N) is 1. The standard InChI is InChI=1S/C14H29N3O2S/c1-2-17(14-9-7-8-13(14)12-15)20(18,19)16-10-5-3-4-6-11-16/h13-14H,2-12,15H2,1H3. The summed E-state index contributed by atoms with van der Waals surface area (Å²) in [7, 11) is -3.31. The van der Waals surface area contributed by atoms with Crippen LogP contribution in [0.5, 0.6) is 0 Å². The summed E-state index contributed by atoms with van der Waals surface area (Å²) in [4.78, 5) is 0. The van der Waals surface area contributed by atoms with E-state index in [1.165, 1.54) is 0 Å². The summed E-state index contributed by atoms with van der Waals surface area (Å²) < 4.78 is 29.3. The quantitative estimate of drug-likeness (QED) is 0.838. The van der Waals surface area contributed by atoms with E-state index in [4.69, 9.17) is 5.73 Å². The SMILES string of the molecule is CCN(C1CCCC1CN)S(=O)(=O)N1CCCCCC1. The van der Waals surface area contributed by atoms with E-state index in [0.29, 0.717) is 32.1 Å². The van der Waals surface area contributed by atoms with E-state index < -0.39 is 10.2 Å². The Balaban J connectivity index is 2.15. The molecule has 1 aliphatic carbocycles. The minimum absolute atomic E-state index is 0.109. The van der Waals surface area contributed by atoms with Gasteiger partial charge in [-0.2, -0.15) is 17.0 Å². The summed E-state index contributed by atoms with van der Waals surface area (Å²) in [5.74, 6) is 0.330. The molecule has 118 valence electrons. The van der Waals surface area contributed by atoms with Crippen LogP contribution in [0.25, 0.3) is 0 Å². The van der Waals surface area contributed by atoms with E-state index in [-0.39, 0.29) is 6.04 Å². The number of rotatable bonds is 5. The molecule has 0 aromatic rings. The Labute approximate surface area is 123 Å². The third-order valence-electron chi connectivity index (χ3n) is 4.79. The van der Waals surface area contributed by atoms with Crippen molar-refractivity contribution >= 4 is 10.2 Å². The predicted octanol–water partition coefficient (Wildman–Crippen LogP) is 1.56. The molecular formula is C14H29N3O2S. The molecule has 0 aromatic carbocycles. The average molecular weight is 303 g/mol. The number of nitrogens with zero attached hydrogens (tertiary/aromatic N) is 2. The smallest absolute Gasteiger partial charge is 0.282 e. The second kappa shape index (κ2) is 7.20. The van der Waals surface area contributed by atoms with Gasteiger partial charge in [-0.3, -0.25) is 0 Å². The molecule has 5 nitrogen and oxygen atoms in total. The normalized spacial score (nSPS) is 29.8. The van der Waals surface area contributed by atoms with Crippen molar-refractivity contribution in [2.75, 3.05) is 26.2 Å². The molecule has 6 heteroatoms. The van der Waals surface area contributed by atoms with Gasteiger partial charge in [0.1, 0.15) is 0 Å². The van der Waals surface area contributed by atoms with Crippen molar-refractivity contribution in [1.29, 1.82) is 0 Å². The lowest BCUT2D eigenvalue weighted by Crippen LogP contribution is -2.50. The lowest BCUT2D eigenvalue weighted by molar-refractivity contribution is 0.252. The van der Waals surface area contributed by atoms with Crippen LogP contribution in [0.2, 0.25) is 0 Å². The van der Waals surface area contributed by atoms with E-state index in [1.54, 1.807) is 8.61 Å². The highest BCUT2D eigenvalue weighted by atomic mass is 32.2. The summed E-state index contributed by atoms with van der Waals surface area (Å²) in [5, 5.41) is 0. The van der Waals surface area contributed by atoms with Crippen molar-refractivity contribution in [3.05, 3.63) is 0 Å². The Hall–Kier alpha value is -0.170. The molecule has 1 saturated heterocycles. The molecule has 2 unspecified atom stereocenters. The first-order valence-corrected chi connectivity index (χ1v) is 9.48. The maximum absolute atomic E-state index is 12.9. The van der Waals surface area contributed by atoms with Gasteiger partial charge in [0.2, 0.25) is 0 Å². The van der Waals surface area contributed by atoms with Gasteiger partial charge in [-0.1, -0.05) is 26.2 Å². The van der Waals surface area contributed by atoms with Crippen LogP contribution in [0.4, 0.5) is 0 Å². The van der Waals surface area contributed by atoms with Gasteiger partial charge in [-0.15, -0.1) is 0 Å². The lowest BCUT2D eigenvalue weighted by Gasteiger charge is -2.35. The summed E-state index contributed by atoms with van der Waals surface area (Å²) >= 11 is 0. The molecule has 1 saturated carbocycles. The molecule has 2 atom stereocenters. The number of hydrogen-bond donors (Lipinski definition) is 1. The summed E-state index contributed by atoms with van der Waals surface area (Å²) in [5.41, 5.74) is 5.83. The first-order chi connectivity index (χ1) is 9.61. The fourth-order valence-corrected chi connectivity index (χ4v) is 5.62. The first-order valence-electron chi connectivity index (χ1n) is 8.08. The zero-order valence-corrected chi connectivity index (χ0v) is 13.4. The maximum Gasteiger partial charge on any atom is 0.282 e. The van der Waals surface area contributed by atoms with Crippen molar-refractivity contribution in [1.82, 2.24) is 8.61 Å². The van der Waals surface area contributed by atoms with Gasteiger partial charge in [0.05, 0.1) is 0 Å². The molecule has 20 heavy (non-hydrogen) atoms. The molecule has 0 spiro atoms. The highest BCUT2D eigenvalue weighted by Crippen LogP contribution is 2.32. The van der Waals surface area contributed by atoms with Crippen molar-refractivity contribution in [3.63, 3.8) is 0 Å². The molecule has 2 N–H and O–H groups in total. The van der Waals surface area contributed by atoms with E-state index in [1.807, 2.05) is 6.92 Å². The molecule has 1 aliphatic heterocycles. The van der Waals surface area contributed by atoms with Crippen molar-refractivity contribution in [2.24, 2.45) is 11.7 Å². The predicted molar refractivity (Wildman–Crippen MR) is 81.5 cm³/mol. The molecule has 0 amide bonds. The molecule has 0 aromatic heterocycles. The Morgan fingerprint density at radius 3 is 2.30 bits per heavy atom. The Morgan fingerprint density at radius 2 is 1.75 bits per heavy atom. The van der Waals surface area contributed by atoms with Crippen LogP contribution in [0.3, 0.4) is 0 Å². The second-order valence-corrected chi connectivity index (χ2v) is 7.90. The van der Waals surface area contributed by atoms with Crippen molar-refractivity contribution < 1.29 is 8.42 Å². The molecule has 2 rings (SSSR count). The van der Waals surface area contributed by atoms with E-state index in [0.717, 1.165) is 44.9 Å². The maximum atomic E-state index is 12.9. The zero-order chi connectivity index (χ0) is 14.6. The molecule has 0 bridgehead atoms. The van der Waals surface area contributed by atoms with E-state index in [2.05, 4.69) is 0 Å². The van der Waals surface area contributed by atoms with Crippen LogP contribution < -0.4 is 5.73 Å². The van der Waals surface area contributed by atoms with Crippen molar-refractivity contribution in [3.8, 4) is 0 Å². The fraction of sp³-hybridized carbons (Fsp3) is 1.00. The van der Waals surface area contributed by atoms with Gasteiger partial charge in [-0.05, 0) is 38.1 Å². The lowest BCUT2D eigenvalue weighted by atomic mass is 10.0. The van der Waals surface area contributed by atoms with Gasteiger partial charge in [0.15, 0.2) is 0 Å². The van der Waals surface area contributed by atoms with E-state index >= 15 is 0 Å². The van der Waals surface area contributed by atoms with Gasteiger partial charge in [0, 0.05) is 25.7 Å². The van der Waals surface area contributed by atoms with Gasteiger partial charge in [-0.25, -0.2) is 0 Å². The Morgan fingerprint density at radius 1 is 1.10 bits per heavy atom. The molecule has 2 fully saturated rings. The summed E-state index contributed by atoms with van der Waals surface area (Å²) in [6.45, 7) is 4.45. The molecule has 2 aliphatic rings. The molecule has 1 heterocycles. The number of hydrogen-bond acceptors (Lipinski definition) is 3. The van der Waals surface area contributed by atoms with Crippen LogP contribution in [0.1, 0.15) is 51.9 Å². The van der Waals surface area contributed by atoms with Gasteiger partial charge < -0.3 is 5.73 Å². The summed E-state index contributed by atoms with van der Waals surface area (Å²) in [6, 6.07) is 0.109. The molecular weight excluding hydrogens is 274 g/mol. The molecule has 0 radical (unpaired) electrons. The van der Waals surface area contributed by atoms with E-state index in [9.17, 15) is 8.42 Å².